The van der Waals surface area contributed by atoms with Crippen LogP contribution in [-0.2, 0) is 19.1 Å². The van der Waals surface area contributed by atoms with Crippen LogP contribution in [0.2, 0.25) is 10.0 Å². The molecular weight excluding hydrogens is 483 g/mol. The van der Waals surface area contributed by atoms with Crippen LogP contribution in [-0.4, -0.2) is 56.0 Å². The topological polar surface area (TPSA) is 102 Å². The molecule has 2 aromatic rings. The Hall–Kier alpha value is -2.78. The van der Waals surface area contributed by atoms with Crippen molar-refractivity contribution in [3.63, 3.8) is 0 Å². The summed E-state index contributed by atoms with van der Waals surface area (Å²) in [6, 6.07) is 9.65. The fourth-order valence-corrected chi connectivity index (χ4v) is 3.93. The number of Topliss-reactive ketones (excluding diaryl/α,β-unsaturated/α-hetero) is 1. The van der Waals surface area contributed by atoms with Crippen molar-refractivity contribution in [2.24, 2.45) is 0 Å². The summed E-state index contributed by atoms with van der Waals surface area (Å²) in [5.74, 6) is -1.87. The highest BCUT2D eigenvalue weighted by Gasteiger charge is 2.39. The lowest BCUT2D eigenvalue weighted by atomic mass is 10.1. The molecule has 1 aliphatic rings. The third-order valence-electron chi connectivity index (χ3n) is 5.13. The minimum Gasteiger partial charge on any atom is -0.454 e. The molecular formula is C24H24Cl2N2O6. The zero-order valence-electron chi connectivity index (χ0n) is 18.5. The third-order valence-corrected chi connectivity index (χ3v) is 5.68. The molecule has 0 radical (unpaired) electrons. The first-order valence-electron chi connectivity index (χ1n) is 10.7. The van der Waals surface area contributed by atoms with E-state index in [1.807, 2.05) is 6.92 Å². The normalized spacial score (nSPS) is 15.6. The van der Waals surface area contributed by atoms with Crippen molar-refractivity contribution in [1.82, 2.24) is 5.32 Å². The molecule has 0 saturated carbocycles. The number of amides is 2. The number of ketones is 1. The van der Waals surface area contributed by atoms with E-state index in [1.54, 1.807) is 0 Å². The van der Waals surface area contributed by atoms with Gasteiger partial charge in [0, 0.05) is 23.8 Å². The van der Waals surface area contributed by atoms with Crippen LogP contribution < -0.4 is 10.2 Å². The Morgan fingerprint density at radius 2 is 1.85 bits per heavy atom. The van der Waals surface area contributed by atoms with Crippen molar-refractivity contribution in [3.05, 3.63) is 63.6 Å². The van der Waals surface area contributed by atoms with E-state index in [4.69, 9.17) is 32.7 Å². The molecule has 34 heavy (non-hydrogen) atoms. The highest BCUT2D eigenvalue weighted by molar-refractivity contribution is 6.36. The maximum Gasteiger partial charge on any atom is 0.338 e. The molecule has 0 aromatic heterocycles. The number of nitrogens with one attached hydrogen (secondary N) is 1. The van der Waals surface area contributed by atoms with E-state index in [0.29, 0.717) is 30.5 Å². The predicted octanol–water partition coefficient (Wildman–Crippen LogP) is 3.68. The minimum atomic E-state index is -0.724. The summed E-state index contributed by atoms with van der Waals surface area (Å²) < 4.78 is 10.3. The maximum atomic E-state index is 12.7. The van der Waals surface area contributed by atoms with E-state index in [0.717, 1.165) is 11.3 Å². The first-order chi connectivity index (χ1) is 16.3. The molecule has 1 N–H and O–H groups in total. The third kappa shape index (κ3) is 6.42. The van der Waals surface area contributed by atoms with E-state index in [9.17, 15) is 19.2 Å². The summed E-state index contributed by atoms with van der Waals surface area (Å²) in [5.41, 5.74) is 0.721. The quantitative estimate of drug-likeness (QED) is 0.214. The zero-order valence-corrected chi connectivity index (χ0v) is 20.0. The fraction of sp³-hybridized carbons (Fsp3) is 0.333. The van der Waals surface area contributed by atoms with Crippen LogP contribution in [0.4, 0.5) is 5.69 Å². The van der Waals surface area contributed by atoms with Gasteiger partial charge in [0.25, 0.3) is 5.91 Å². The van der Waals surface area contributed by atoms with Gasteiger partial charge < -0.3 is 14.8 Å². The summed E-state index contributed by atoms with van der Waals surface area (Å²) in [6.45, 7) is 3.18. The van der Waals surface area contributed by atoms with E-state index < -0.39 is 24.4 Å². The first kappa shape index (κ1) is 25.8. The monoisotopic (exact) mass is 506 g/mol. The minimum absolute atomic E-state index is 0.0621. The number of hydrogen-bond donors (Lipinski definition) is 1. The Labute approximate surface area is 207 Å². The number of benzene rings is 2. The van der Waals surface area contributed by atoms with Crippen LogP contribution in [0.1, 0.15) is 40.5 Å². The molecule has 1 atom stereocenters. The van der Waals surface area contributed by atoms with Crippen LogP contribution in [0.3, 0.4) is 0 Å². The largest absolute Gasteiger partial charge is 0.454 e. The Morgan fingerprint density at radius 1 is 1.12 bits per heavy atom. The molecule has 3 rings (SSSR count). The van der Waals surface area contributed by atoms with Gasteiger partial charge in [-0.15, -0.1) is 0 Å². The van der Waals surface area contributed by atoms with Crippen molar-refractivity contribution < 1.29 is 28.7 Å². The van der Waals surface area contributed by atoms with E-state index in [1.165, 1.54) is 42.5 Å². The number of esters is 1. The molecule has 0 aliphatic carbocycles. The summed E-state index contributed by atoms with van der Waals surface area (Å²) >= 11 is 11.8. The van der Waals surface area contributed by atoms with Crippen molar-refractivity contribution in [3.8, 4) is 0 Å². The fourth-order valence-electron chi connectivity index (χ4n) is 3.41. The summed E-state index contributed by atoms with van der Waals surface area (Å²) in [5, 5.41) is 3.64. The lowest BCUT2D eigenvalue weighted by Gasteiger charge is -2.16. The molecule has 0 spiro atoms. The number of anilines is 1. The molecule has 0 bridgehead atoms. The number of carbonyl (C=O) groups excluding carboxylic acids is 4. The van der Waals surface area contributed by atoms with Crippen molar-refractivity contribution in [2.75, 3.05) is 31.3 Å². The molecule has 2 aromatic carbocycles. The number of imide groups is 1. The van der Waals surface area contributed by atoms with Gasteiger partial charge in [-0.2, -0.15) is 0 Å². The number of carbonyl (C=O) groups is 4. The van der Waals surface area contributed by atoms with Gasteiger partial charge in [0.05, 0.1) is 28.7 Å². The molecule has 1 aliphatic heterocycles. The number of halogens is 2. The van der Waals surface area contributed by atoms with Gasteiger partial charge in [-0.05, 0) is 62.4 Å². The van der Waals surface area contributed by atoms with Crippen LogP contribution in [0.25, 0.3) is 0 Å². The second kappa shape index (κ2) is 12.1. The number of rotatable bonds is 11. The number of hydrogen-bond acceptors (Lipinski definition) is 7. The molecule has 1 heterocycles. The zero-order chi connectivity index (χ0) is 24.7. The average molecular weight is 507 g/mol. The first-order valence-corrected chi connectivity index (χ1v) is 11.5. The van der Waals surface area contributed by atoms with Crippen molar-refractivity contribution >= 4 is 52.5 Å². The second-order valence-electron chi connectivity index (χ2n) is 7.50. The summed E-state index contributed by atoms with van der Waals surface area (Å²) in [6.07, 6.45) is 0.794. The Kier molecular flexibility index (Phi) is 9.18. The van der Waals surface area contributed by atoms with Crippen LogP contribution in [0.15, 0.2) is 42.5 Å². The number of ether oxygens (including phenoxy) is 2. The van der Waals surface area contributed by atoms with E-state index in [2.05, 4.69) is 5.32 Å². The molecule has 180 valence electrons. The molecule has 1 unspecified atom stereocenters. The van der Waals surface area contributed by atoms with Crippen LogP contribution in [0.5, 0.6) is 0 Å². The predicted molar refractivity (Wildman–Crippen MR) is 128 cm³/mol. The molecule has 1 saturated heterocycles. The molecule has 2 amide bonds. The van der Waals surface area contributed by atoms with Crippen LogP contribution >= 0.6 is 23.2 Å². The summed E-state index contributed by atoms with van der Waals surface area (Å²) in [4.78, 5) is 50.8. The molecule has 8 nitrogen and oxygen atoms in total. The lowest BCUT2D eigenvalue weighted by Crippen LogP contribution is -2.39. The second-order valence-corrected chi connectivity index (χ2v) is 8.34. The van der Waals surface area contributed by atoms with Gasteiger partial charge in [0.1, 0.15) is 0 Å². The maximum absolute atomic E-state index is 12.7. The standard InChI is InChI=1S/C24H24Cl2N2O6/c1-2-33-11-3-10-27-20-13-22(30)28(23(20)31)17-7-4-15(5-8-17)24(32)34-14-21(29)18-9-6-16(25)12-19(18)26/h4-9,12,20,27H,2-3,10-11,13-14H2,1H3. The molecule has 10 heteroatoms. The van der Waals surface area contributed by atoms with E-state index in [-0.39, 0.29) is 34.4 Å². The van der Waals surface area contributed by atoms with Gasteiger partial charge in [0.15, 0.2) is 6.61 Å². The van der Waals surface area contributed by atoms with Crippen LogP contribution in [0, 0.1) is 0 Å². The lowest BCUT2D eigenvalue weighted by molar-refractivity contribution is -0.121. The Morgan fingerprint density at radius 3 is 2.53 bits per heavy atom. The smallest absolute Gasteiger partial charge is 0.338 e. The van der Waals surface area contributed by atoms with Crippen molar-refractivity contribution in [1.29, 1.82) is 0 Å². The van der Waals surface area contributed by atoms with Gasteiger partial charge >= 0.3 is 5.97 Å². The highest BCUT2D eigenvalue weighted by atomic mass is 35.5. The van der Waals surface area contributed by atoms with Gasteiger partial charge in [-0.3, -0.25) is 14.4 Å². The van der Waals surface area contributed by atoms with Gasteiger partial charge in [-0.1, -0.05) is 23.2 Å². The average Bonchev–Trinajstić information content (AvgIpc) is 3.10. The summed E-state index contributed by atoms with van der Waals surface area (Å²) in [7, 11) is 0. The number of nitrogens with zero attached hydrogens (tertiary/aromatic N) is 1. The Bertz CT molecular complexity index is 1070. The molecule has 1 fully saturated rings. The highest BCUT2D eigenvalue weighted by Crippen LogP contribution is 2.24. The van der Waals surface area contributed by atoms with E-state index >= 15 is 0 Å². The van der Waals surface area contributed by atoms with Gasteiger partial charge in [-0.25, -0.2) is 9.69 Å². The van der Waals surface area contributed by atoms with Gasteiger partial charge in [0.2, 0.25) is 11.7 Å². The SMILES string of the molecule is CCOCCCNC1CC(=O)N(c2ccc(C(=O)OCC(=O)c3ccc(Cl)cc3Cl)cc2)C1=O. The van der Waals surface area contributed by atoms with Crippen molar-refractivity contribution in [2.45, 2.75) is 25.8 Å². The Balaban J connectivity index is 1.55.